The van der Waals surface area contributed by atoms with Gasteiger partial charge in [0.1, 0.15) is 9.84 Å². The van der Waals surface area contributed by atoms with Gasteiger partial charge in [-0.15, -0.1) is 0 Å². The standard InChI is InChI=1S/C10H15BrN2O4S2/c1-7(6-18(2,14)15)13-19(16,17)10-4-3-8(12)5-9(10)11/h3-5,7,13H,6,12H2,1-2H3. The van der Waals surface area contributed by atoms with E-state index in [1.54, 1.807) is 0 Å². The minimum absolute atomic E-state index is 0.0158. The van der Waals surface area contributed by atoms with E-state index in [-0.39, 0.29) is 10.6 Å². The van der Waals surface area contributed by atoms with Crippen LogP contribution in [-0.4, -0.2) is 34.9 Å². The Morgan fingerprint density at radius 1 is 1.32 bits per heavy atom. The molecular formula is C10H15BrN2O4S2. The lowest BCUT2D eigenvalue weighted by Crippen LogP contribution is -2.37. The Hall–Kier alpha value is -0.640. The topological polar surface area (TPSA) is 106 Å². The first-order valence-corrected chi connectivity index (χ1v) is 9.60. The predicted molar refractivity (Wildman–Crippen MR) is 78.0 cm³/mol. The fraction of sp³-hybridized carbons (Fsp3) is 0.400. The molecule has 0 heterocycles. The van der Waals surface area contributed by atoms with E-state index in [9.17, 15) is 16.8 Å². The first-order valence-electron chi connectivity index (χ1n) is 5.26. The summed E-state index contributed by atoms with van der Waals surface area (Å²) in [4.78, 5) is 0.0158. The number of hydrogen-bond donors (Lipinski definition) is 2. The van der Waals surface area contributed by atoms with Crippen LogP contribution in [0.4, 0.5) is 5.69 Å². The van der Waals surface area contributed by atoms with Gasteiger partial charge in [0.2, 0.25) is 10.0 Å². The monoisotopic (exact) mass is 370 g/mol. The lowest BCUT2D eigenvalue weighted by atomic mass is 10.3. The lowest BCUT2D eigenvalue weighted by molar-refractivity contribution is 0.564. The summed E-state index contributed by atoms with van der Waals surface area (Å²) in [5.41, 5.74) is 5.96. The number of halogens is 1. The number of hydrogen-bond acceptors (Lipinski definition) is 5. The van der Waals surface area contributed by atoms with Crippen molar-refractivity contribution in [3.8, 4) is 0 Å². The molecule has 0 saturated carbocycles. The van der Waals surface area contributed by atoms with Crippen LogP contribution in [0.15, 0.2) is 27.6 Å². The van der Waals surface area contributed by atoms with E-state index in [0.29, 0.717) is 10.2 Å². The minimum atomic E-state index is -3.80. The molecule has 108 valence electrons. The molecule has 0 spiro atoms. The van der Waals surface area contributed by atoms with Gasteiger partial charge in [0.15, 0.2) is 0 Å². The van der Waals surface area contributed by atoms with Crippen molar-refractivity contribution in [1.82, 2.24) is 4.72 Å². The van der Waals surface area contributed by atoms with Gasteiger partial charge in [0, 0.05) is 22.5 Å². The summed E-state index contributed by atoms with van der Waals surface area (Å²) in [5.74, 6) is -0.265. The third kappa shape index (κ3) is 5.09. The second kappa shape index (κ2) is 5.78. The van der Waals surface area contributed by atoms with Crippen LogP contribution in [0.3, 0.4) is 0 Å². The molecule has 1 aromatic rings. The summed E-state index contributed by atoms with van der Waals surface area (Å²) in [5, 5.41) is 0. The molecule has 0 saturated heterocycles. The summed E-state index contributed by atoms with van der Waals surface area (Å²) in [6.07, 6.45) is 1.05. The van der Waals surface area contributed by atoms with E-state index in [0.717, 1.165) is 6.26 Å². The lowest BCUT2D eigenvalue weighted by Gasteiger charge is -2.14. The first-order chi connectivity index (χ1) is 8.51. The average molecular weight is 371 g/mol. The molecule has 0 bridgehead atoms. The van der Waals surface area contributed by atoms with Gasteiger partial charge >= 0.3 is 0 Å². The fourth-order valence-corrected chi connectivity index (χ4v) is 4.99. The second-order valence-electron chi connectivity index (χ2n) is 4.30. The largest absolute Gasteiger partial charge is 0.399 e. The van der Waals surface area contributed by atoms with Crippen LogP contribution in [0, 0.1) is 0 Å². The molecule has 1 atom stereocenters. The molecule has 1 aromatic carbocycles. The Morgan fingerprint density at radius 2 is 1.89 bits per heavy atom. The summed E-state index contributed by atoms with van der Waals surface area (Å²) in [6.45, 7) is 1.49. The van der Waals surface area contributed by atoms with Crippen molar-refractivity contribution in [3.63, 3.8) is 0 Å². The molecule has 0 aliphatic rings. The highest BCUT2D eigenvalue weighted by atomic mass is 79.9. The number of sulfone groups is 1. The quantitative estimate of drug-likeness (QED) is 0.743. The van der Waals surface area contributed by atoms with Crippen LogP contribution in [-0.2, 0) is 19.9 Å². The zero-order valence-corrected chi connectivity index (χ0v) is 13.6. The molecule has 0 amide bonds. The molecule has 1 rings (SSSR count). The van der Waals surface area contributed by atoms with E-state index in [1.165, 1.54) is 25.1 Å². The first kappa shape index (κ1) is 16.4. The van der Waals surface area contributed by atoms with Crippen molar-refractivity contribution < 1.29 is 16.8 Å². The highest BCUT2D eigenvalue weighted by Gasteiger charge is 2.22. The van der Waals surface area contributed by atoms with Crippen LogP contribution in [0.25, 0.3) is 0 Å². The normalized spacial score (nSPS) is 14.3. The molecule has 0 aliphatic carbocycles. The maximum absolute atomic E-state index is 12.1. The Kier molecular flexibility index (Phi) is 4.99. The van der Waals surface area contributed by atoms with Crippen molar-refractivity contribution in [1.29, 1.82) is 0 Å². The Morgan fingerprint density at radius 3 is 2.37 bits per heavy atom. The smallest absolute Gasteiger partial charge is 0.241 e. The van der Waals surface area contributed by atoms with E-state index >= 15 is 0 Å². The number of anilines is 1. The number of nitrogens with one attached hydrogen (secondary N) is 1. The van der Waals surface area contributed by atoms with Gasteiger partial charge in [-0.2, -0.15) is 0 Å². The molecule has 0 aliphatic heterocycles. The Balaban J connectivity index is 2.99. The van der Waals surface area contributed by atoms with Crippen LogP contribution in [0.1, 0.15) is 6.92 Å². The molecule has 0 aromatic heterocycles. The van der Waals surface area contributed by atoms with E-state index in [1.807, 2.05) is 0 Å². The summed E-state index contributed by atoms with van der Waals surface area (Å²) >= 11 is 3.12. The van der Waals surface area contributed by atoms with Crippen LogP contribution < -0.4 is 10.5 Å². The van der Waals surface area contributed by atoms with Crippen LogP contribution in [0.5, 0.6) is 0 Å². The van der Waals surface area contributed by atoms with Gasteiger partial charge in [-0.3, -0.25) is 0 Å². The van der Waals surface area contributed by atoms with E-state index < -0.39 is 25.9 Å². The third-order valence-corrected chi connectivity index (χ3v) is 5.83. The average Bonchev–Trinajstić information content (AvgIpc) is 2.11. The van der Waals surface area contributed by atoms with Crippen molar-refractivity contribution in [2.24, 2.45) is 0 Å². The highest BCUT2D eigenvalue weighted by Crippen LogP contribution is 2.24. The van der Waals surface area contributed by atoms with Gasteiger partial charge in [-0.25, -0.2) is 21.6 Å². The van der Waals surface area contributed by atoms with E-state index in [2.05, 4.69) is 20.7 Å². The van der Waals surface area contributed by atoms with Gasteiger partial charge in [-0.1, -0.05) is 0 Å². The molecule has 19 heavy (non-hydrogen) atoms. The van der Waals surface area contributed by atoms with E-state index in [4.69, 9.17) is 5.73 Å². The maximum atomic E-state index is 12.1. The Bertz CT molecular complexity index is 671. The summed E-state index contributed by atoms with van der Waals surface area (Å²) in [6, 6.07) is 3.56. The molecule has 6 nitrogen and oxygen atoms in total. The molecule has 0 radical (unpaired) electrons. The molecular weight excluding hydrogens is 356 g/mol. The second-order valence-corrected chi connectivity index (χ2v) is 9.03. The zero-order chi connectivity index (χ0) is 14.8. The highest BCUT2D eigenvalue weighted by molar-refractivity contribution is 9.10. The van der Waals surface area contributed by atoms with Gasteiger partial charge in [-0.05, 0) is 41.1 Å². The zero-order valence-electron chi connectivity index (χ0n) is 10.4. The predicted octanol–water partition coefficient (Wildman–Crippen LogP) is 0.743. The number of sulfonamides is 1. The molecule has 1 unspecified atom stereocenters. The van der Waals surface area contributed by atoms with Crippen LogP contribution in [0.2, 0.25) is 0 Å². The van der Waals surface area contributed by atoms with Gasteiger partial charge < -0.3 is 5.73 Å². The van der Waals surface area contributed by atoms with Crippen LogP contribution >= 0.6 is 15.9 Å². The minimum Gasteiger partial charge on any atom is -0.399 e. The van der Waals surface area contributed by atoms with Crippen molar-refractivity contribution in [2.45, 2.75) is 17.9 Å². The Labute approximate surface area is 121 Å². The molecule has 3 N–H and O–H groups in total. The third-order valence-electron chi connectivity index (χ3n) is 2.15. The number of nitrogen functional groups attached to an aromatic ring is 1. The number of benzene rings is 1. The summed E-state index contributed by atoms with van der Waals surface area (Å²) in [7, 11) is -7.05. The molecule has 9 heteroatoms. The van der Waals surface area contributed by atoms with Crippen molar-refractivity contribution >= 4 is 41.5 Å². The maximum Gasteiger partial charge on any atom is 0.241 e. The fourth-order valence-electron chi connectivity index (χ4n) is 1.55. The van der Waals surface area contributed by atoms with Gasteiger partial charge in [0.25, 0.3) is 0 Å². The summed E-state index contributed by atoms with van der Waals surface area (Å²) < 4.78 is 49.0. The van der Waals surface area contributed by atoms with Crippen molar-refractivity contribution in [2.75, 3.05) is 17.7 Å². The number of rotatable bonds is 5. The van der Waals surface area contributed by atoms with Gasteiger partial charge in [0.05, 0.1) is 10.6 Å². The van der Waals surface area contributed by atoms with Crippen molar-refractivity contribution in [3.05, 3.63) is 22.7 Å². The SMILES string of the molecule is CC(CS(C)(=O)=O)NS(=O)(=O)c1ccc(N)cc1Br. The molecule has 0 fully saturated rings. The number of nitrogens with two attached hydrogens (primary N) is 1.